The molecule has 0 saturated heterocycles. The number of quaternary nitrogens is 1. The second-order valence-electron chi connectivity index (χ2n) is 12.0. The lowest BCUT2D eigenvalue weighted by molar-refractivity contribution is -0.900. The number of sulfone groups is 1. The van der Waals surface area contributed by atoms with Crippen molar-refractivity contribution in [3.8, 4) is 0 Å². The van der Waals surface area contributed by atoms with Crippen molar-refractivity contribution >= 4 is 17.7 Å². The van der Waals surface area contributed by atoms with Gasteiger partial charge in [0.1, 0.15) is 12.6 Å². The number of phosphoric acid groups is 1. The molecule has 0 fully saturated rings. The molecule has 0 radical (unpaired) electrons. The molecule has 0 rings (SSSR count). The largest absolute Gasteiger partial charge is 0.469 e. The quantitative estimate of drug-likeness (QED) is 0.0676. The van der Waals surface area contributed by atoms with E-state index in [0.29, 0.717) is 10.9 Å². The van der Waals surface area contributed by atoms with Gasteiger partial charge in [-0.25, -0.2) is 13.0 Å². The van der Waals surface area contributed by atoms with Crippen LogP contribution in [0.3, 0.4) is 0 Å². The molecule has 0 saturated carbocycles. The third-order valence-electron chi connectivity index (χ3n) is 7.63. The molecule has 38 heavy (non-hydrogen) atoms. The Kier molecular flexibility index (Phi) is 20.8. The minimum absolute atomic E-state index is 0.101. The van der Waals surface area contributed by atoms with Crippen LogP contribution in [0.4, 0.5) is 0 Å². The fourth-order valence-corrected chi connectivity index (χ4v) is 7.24. The summed E-state index contributed by atoms with van der Waals surface area (Å²) in [7, 11) is -0.765. The SMILES string of the molecule is CCCCCCCCCCCCCCCCCCS(=O)(=O)CC(OC)C(C)C(COP(=O)(O)O)[N+](C)(C)C. The fraction of sp³-hybridized carbons (Fsp3) is 1.00. The summed E-state index contributed by atoms with van der Waals surface area (Å²) in [5.41, 5.74) is 0. The zero-order valence-corrected chi connectivity index (χ0v) is 27.1. The van der Waals surface area contributed by atoms with Crippen LogP contribution in [0.5, 0.6) is 0 Å². The molecule has 8 nitrogen and oxygen atoms in total. The first kappa shape index (κ1) is 38.0. The summed E-state index contributed by atoms with van der Waals surface area (Å²) in [4.78, 5) is 18.2. The van der Waals surface area contributed by atoms with E-state index in [-0.39, 0.29) is 30.1 Å². The highest BCUT2D eigenvalue weighted by Crippen LogP contribution is 2.37. The maximum atomic E-state index is 12.8. The Morgan fingerprint density at radius 2 is 1.16 bits per heavy atom. The van der Waals surface area contributed by atoms with Crippen LogP contribution in [-0.4, -0.2) is 81.2 Å². The summed E-state index contributed by atoms with van der Waals surface area (Å²) in [5.74, 6) is -0.242. The smallest absolute Gasteiger partial charge is 0.380 e. The Bertz CT molecular complexity index is 721. The van der Waals surface area contributed by atoms with Gasteiger partial charge < -0.3 is 19.0 Å². The summed E-state index contributed by atoms with van der Waals surface area (Å²) in [6.07, 6.45) is 19.4. The lowest BCUT2D eigenvalue weighted by Gasteiger charge is -2.40. The monoisotopic (exact) mass is 586 g/mol. The summed E-state index contributed by atoms with van der Waals surface area (Å²) in [6.45, 7) is 3.93. The van der Waals surface area contributed by atoms with Gasteiger partial charge in [-0.05, 0) is 6.42 Å². The predicted octanol–water partition coefficient (Wildman–Crippen LogP) is 6.50. The van der Waals surface area contributed by atoms with Crippen LogP contribution in [0, 0.1) is 5.92 Å². The number of hydrogen-bond donors (Lipinski definition) is 2. The van der Waals surface area contributed by atoms with Gasteiger partial charge >= 0.3 is 7.82 Å². The molecule has 10 heteroatoms. The van der Waals surface area contributed by atoms with Gasteiger partial charge in [-0.2, -0.15) is 0 Å². The second kappa shape index (κ2) is 20.8. The van der Waals surface area contributed by atoms with Crippen LogP contribution >= 0.6 is 7.82 Å². The molecule has 0 aliphatic heterocycles. The highest BCUT2D eigenvalue weighted by atomic mass is 32.2. The predicted molar refractivity (Wildman–Crippen MR) is 158 cm³/mol. The number of rotatable bonds is 26. The average Bonchev–Trinajstić information content (AvgIpc) is 2.80. The van der Waals surface area contributed by atoms with E-state index < -0.39 is 23.8 Å². The maximum absolute atomic E-state index is 12.8. The lowest BCUT2D eigenvalue weighted by atomic mass is 9.95. The summed E-state index contributed by atoms with van der Waals surface area (Å²) in [6, 6.07) is -0.349. The van der Waals surface area contributed by atoms with Crippen LogP contribution < -0.4 is 0 Å². The van der Waals surface area contributed by atoms with E-state index in [0.717, 1.165) is 12.8 Å². The molecule has 230 valence electrons. The van der Waals surface area contributed by atoms with E-state index in [1.54, 1.807) is 0 Å². The maximum Gasteiger partial charge on any atom is 0.469 e. The number of hydrogen-bond acceptors (Lipinski definition) is 5. The van der Waals surface area contributed by atoms with Gasteiger partial charge in [0.2, 0.25) is 0 Å². The molecular weight excluding hydrogens is 525 g/mol. The molecule has 0 aliphatic carbocycles. The molecule has 0 aromatic rings. The Labute approximate surface area is 235 Å². The molecule has 0 bridgehead atoms. The van der Waals surface area contributed by atoms with Crippen molar-refractivity contribution < 1.29 is 36.5 Å². The standard InChI is InChI=1S/C28H60NO7PS/c1-7-8-9-10-11-12-13-14-15-16-17-18-19-20-21-22-23-38(33,34)25-28(35-6)26(2)27(29(3,4)5)24-36-37(30,31)32/h26-28H,7-25H2,1-6H3,(H-,30,31,32)/p+1. The van der Waals surface area contributed by atoms with E-state index in [1.165, 1.54) is 90.6 Å². The van der Waals surface area contributed by atoms with Gasteiger partial charge in [0.15, 0.2) is 9.84 Å². The minimum Gasteiger partial charge on any atom is -0.380 e. The number of likely N-dealkylation sites (N-methyl/N-ethyl adjacent to an activating group) is 1. The highest BCUT2D eigenvalue weighted by molar-refractivity contribution is 7.91. The second-order valence-corrected chi connectivity index (χ2v) is 15.5. The van der Waals surface area contributed by atoms with E-state index in [9.17, 15) is 13.0 Å². The van der Waals surface area contributed by atoms with Crippen LogP contribution in [-0.2, 0) is 23.7 Å². The molecule has 0 aromatic carbocycles. The summed E-state index contributed by atoms with van der Waals surface area (Å²) < 4.78 is 47.5. The van der Waals surface area contributed by atoms with Gasteiger partial charge in [0.05, 0.1) is 38.8 Å². The Hall–Kier alpha value is -0.0200. The molecule has 0 spiro atoms. The summed E-state index contributed by atoms with van der Waals surface area (Å²) >= 11 is 0. The normalized spacial score (nSPS) is 15.5. The number of phosphoric ester groups is 1. The molecular formula is C28H61NO7PS+. The van der Waals surface area contributed by atoms with E-state index >= 15 is 0 Å². The highest BCUT2D eigenvalue weighted by Gasteiger charge is 2.38. The van der Waals surface area contributed by atoms with Gasteiger partial charge in [0.25, 0.3) is 0 Å². The lowest BCUT2D eigenvalue weighted by Crippen LogP contribution is -2.54. The first-order valence-corrected chi connectivity index (χ1v) is 18.3. The Balaban J connectivity index is 4.16. The van der Waals surface area contributed by atoms with Crippen molar-refractivity contribution in [1.29, 1.82) is 0 Å². The van der Waals surface area contributed by atoms with E-state index in [4.69, 9.17) is 19.0 Å². The Morgan fingerprint density at radius 3 is 1.50 bits per heavy atom. The van der Waals surface area contributed by atoms with Crippen LogP contribution in [0.15, 0.2) is 0 Å². The van der Waals surface area contributed by atoms with Crippen LogP contribution in [0.1, 0.15) is 117 Å². The van der Waals surface area contributed by atoms with Crippen molar-refractivity contribution in [2.24, 2.45) is 5.92 Å². The fourth-order valence-electron chi connectivity index (χ4n) is 5.14. The van der Waals surface area contributed by atoms with Crippen molar-refractivity contribution in [3.63, 3.8) is 0 Å². The number of unbranched alkanes of at least 4 members (excludes halogenated alkanes) is 15. The molecule has 3 atom stereocenters. The number of ether oxygens (including phenoxy) is 1. The average molecular weight is 587 g/mol. The number of methoxy groups -OCH3 is 1. The molecule has 0 aliphatic rings. The molecule has 0 amide bonds. The number of nitrogens with zero attached hydrogens (tertiary/aromatic N) is 1. The first-order valence-electron chi connectivity index (χ1n) is 15.0. The van der Waals surface area contributed by atoms with Gasteiger partial charge in [-0.15, -0.1) is 0 Å². The van der Waals surface area contributed by atoms with Crippen LogP contribution in [0.2, 0.25) is 0 Å². The van der Waals surface area contributed by atoms with E-state index in [2.05, 4.69) is 6.92 Å². The van der Waals surface area contributed by atoms with Crippen molar-refractivity contribution in [3.05, 3.63) is 0 Å². The van der Waals surface area contributed by atoms with Gasteiger partial charge in [-0.1, -0.05) is 110 Å². The van der Waals surface area contributed by atoms with Crippen molar-refractivity contribution in [2.75, 3.05) is 46.4 Å². The summed E-state index contributed by atoms with van der Waals surface area (Å²) in [5, 5.41) is 0. The van der Waals surface area contributed by atoms with Gasteiger partial charge in [-0.3, -0.25) is 4.52 Å². The third-order valence-corrected chi connectivity index (χ3v) is 9.86. The van der Waals surface area contributed by atoms with E-state index in [1.807, 2.05) is 28.1 Å². The first-order chi connectivity index (χ1) is 17.7. The third kappa shape index (κ3) is 20.8. The van der Waals surface area contributed by atoms with Crippen LogP contribution in [0.25, 0.3) is 0 Å². The Morgan fingerprint density at radius 1 is 0.763 bits per heavy atom. The molecule has 2 N–H and O–H groups in total. The topological polar surface area (TPSA) is 110 Å². The zero-order valence-electron chi connectivity index (χ0n) is 25.4. The minimum atomic E-state index is -4.62. The molecule has 0 aromatic heterocycles. The van der Waals surface area contributed by atoms with Crippen molar-refractivity contribution in [2.45, 2.75) is 129 Å². The zero-order chi connectivity index (χ0) is 29.1. The van der Waals surface area contributed by atoms with Gasteiger partial charge in [0, 0.05) is 13.0 Å². The molecule has 0 heterocycles. The molecule has 3 unspecified atom stereocenters. The van der Waals surface area contributed by atoms with Crippen molar-refractivity contribution in [1.82, 2.24) is 0 Å².